The predicted octanol–water partition coefficient (Wildman–Crippen LogP) is 0.590. The minimum absolute atomic E-state index is 0.137. The van der Waals surface area contributed by atoms with Crippen molar-refractivity contribution >= 4 is 11.9 Å². The third kappa shape index (κ3) is 4.44. The maximum absolute atomic E-state index is 12.2. The first-order valence-corrected chi connectivity index (χ1v) is 7.70. The molecule has 3 atom stereocenters. The van der Waals surface area contributed by atoms with Crippen molar-refractivity contribution in [2.45, 2.75) is 39.2 Å². The van der Waals surface area contributed by atoms with Crippen LogP contribution in [-0.2, 0) is 23.8 Å². The Kier molecular flexibility index (Phi) is 5.92. The Labute approximate surface area is 144 Å². The molecule has 0 N–H and O–H groups in total. The van der Waals surface area contributed by atoms with E-state index in [1.54, 1.807) is 6.92 Å². The fourth-order valence-corrected chi connectivity index (χ4v) is 2.41. The van der Waals surface area contributed by atoms with Crippen LogP contribution in [0, 0.1) is 0 Å². The molecule has 2 rings (SSSR count). The smallest absolute Gasteiger partial charge is 0.353 e. The number of aromatic nitrogens is 2. The Balaban J connectivity index is 2.26. The highest BCUT2D eigenvalue weighted by Crippen LogP contribution is 2.34. The monoisotopic (exact) mass is 352 g/mol. The Morgan fingerprint density at radius 3 is 2.64 bits per heavy atom. The molecule has 0 amide bonds. The van der Waals surface area contributed by atoms with Gasteiger partial charge in [-0.3, -0.25) is 14.2 Å². The summed E-state index contributed by atoms with van der Waals surface area (Å²) in [6, 6.07) is 1.52. The fraction of sp³-hybridized carbons (Fsp3) is 0.500. The molecule has 0 radical (unpaired) electrons. The average Bonchev–Trinajstić information content (AvgIpc) is 2.82. The van der Waals surface area contributed by atoms with E-state index in [1.165, 1.54) is 30.7 Å². The molecule has 0 unspecified atom stereocenters. The number of nitrogens with zero attached hydrogens (tertiary/aromatic N) is 2. The molecule has 0 aromatic carbocycles. The van der Waals surface area contributed by atoms with Crippen LogP contribution in [0.5, 0.6) is 5.88 Å². The molecule has 0 aliphatic carbocycles. The van der Waals surface area contributed by atoms with Crippen LogP contribution in [0.15, 0.2) is 29.2 Å². The molecule has 25 heavy (non-hydrogen) atoms. The zero-order valence-electron chi connectivity index (χ0n) is 14.3. The lowest BCUT2D eigenvalue weighted by atomic mass is 10.1. The van der Waals surface area contributed by atoms with Crippen LogP contribution in [0.25, 0.3) is 0 Å². The highest BCUT2D eigenvalue weighted by Gasteiger charge is 2.43. The van der Waals surface area contributed by atoms with Gasteiger partial charge in [-0.25, -0.2) is 4.79 Å². The second kappa shape index (κ2) is 7.93. The number of carbonyl (C=O) groups excluding carboxylic acids is 2. The Morgan fingerprint density at radius 1 is 1.36 bits per heavy atom. The van der Waals surface area contributed by atoms with Crippen LogP contribution in [0.3, 0.4) is 0 Å². The molecule has 2 heterocycles. The third-order valence-electron chi connectivity index (χ3n) is 3.42. The normalized spacial score (nSPS) is 22.5. The molecule has 1 aromatic rings. The van der Waals surface area contributed by atoms with E-state index in [9.17, 15) is 14.4 Å². The van der Waals surface area contributed by atoms with Crippen LogP contribution in [-0.4, -0.2) is 46.9 Å². The molecule has 1 saturated heterocycles. The van der Waals surface area contributed by atoms with Gasteiger partial charge in [0.2, 0.25) is 5.88 Å². The van der Waals surface area contributed by atoms with E-state index in [0.717, 1.165) is 0 Å². The quantitative estimate of drug-likeness (QED) is 0.541. The molecule has 1 aliphatic heterocycles. The molecule has 9 heteroatoms. The lowest BCUT2D eigenvalue weighted by Crippen LogP contribution is -2.32. The van der Waals surface area contributed by atoms with E-state index < -0.39 is 36.1 Å². The largest absolute Gasteiger partial charge is 0.478 e. The van der Waals surface area contributed by atoms with E-state index in [2.05, 4.69) is 11.6 Å². The highest BCUT2D eigenvalue weighted by atomic mass is 16.6. The van der Waals surface area contributed by atoms with Crippen LogP contribution in [0.4, 0.5) is 0 Å². The van der Waals surface area contributed by atoms with E-state index in [-0.39, 0.29) is 12.5 Å². The van der Waals surface area contributed by atoms with Crippen molar-refractivity contribution in [3.8, 4) is 5.88 Å². The molecule has 0 bridgehead atoms. The van der Waals surface area contributed by atoms with Gasteiger partial charge in [0, 0.05) is 31.7 Å². The summed E-state index contributed by atoms with van der Waals surface area (Å²) in [4.78, 5) is 38.4. The number of carbonyl (C=O) groups is 2. The molecule has 9 nitrogen and oxygen atoms in total. The minimum atomic E-state index is -0.902. The van der Waals surface area contributed by atoms with Gasteiger partial charge in [0.25, 0.3) is 0 Å². The summed E-state index contributed by atoms with van der Waals surface area (Å²) in [6.45, 7) is 8.38. The van der Waals surface area contributed by atoms with Crippen molar-refractivity contribution < 1.29 is 28.5 Å². The summed E-state index contributed by atoms with van der Waals surface area (Å²) in [5.74, 6) is -0.847. The molecular formula is C16H20N2O7. The second-order valence-electron chi connectivity index (χ2n) is 5.32. The van der Waals surface area contributed by atoms with E-state index >= 15 is 0 Å². The summed E-state index contributed by atoms with van der Waals surface area (Å²) in [6.07, 6.45) is -1.07. The molecule has 136 valence electrons. The molecule has 0 saturated carbocycles. The van der Waals surface area contributed by atoms with Crippen LogP contribution in [0.1, 0.15) is 27.0 Å². The zero-order valence-corrected chi connectivity index (χ0v) is 14.3. The average molecular weight is 352 g/mol. The summed E-state index contributed by atoms with van der Waals surface area (Å²) in [5, 5.41) is 0. The SMILES string of the molecule is C=C1[C@@H](OC(C)=O)[C@@H](COC(C)=O)O[C@H]1n1ccc(OCC)nc1=O. The minimum Gasteiger partial charge on any atom is -0.478 e. The molecule has 1 aromatic heterocycles. The second-order valence-corrected chi connectivity index (χ2v) is 5.32. The van der Waals surface area contributed by atoms with Crippen molar-refractivity contribution in [2.24, 2.45) is 0 Å². The topological polar surface area (TPSA) is 106 Å². The number of hydrogen-bond donors (Lipinski definition) is 0. The Hall–Kier alpha value is -2.68. The summed E-state index contributed by atoms with van der Waals surface area (Å²) in [7, 11) is 0. The summed E-state index contributed by atoms with van der Waals surface area (Å²) < 4.78 is 22.3. The van der Waals surface area contributed by atoms with Gasteiger partial charge in [-0.2, -0.15) is 4.98 Å². The van der Waals surface area contributed by atoms with Gasteiger partial charge in [0.05, 0.1) is 6.61 Å². The highest BCUT2D eigenvalue weighted by molar-refractivity contribution is 5.67. The van der Waals surface area contributed by atoms with Gasteiger partial charge in [-0.15, -0.1) is 0 Å². The predicted molar refractivity (Wildman–Crippen MR) is 84.9 cm³/mol. The Morgan fingerprint density at radius 2 is 2.08 bits per heavy atom. The first-order chi connectivity index (χ1) is 11.8. The van der Waals surface area contributed by atoms with E-state index in [0.29, 0.717) is 12.2 Å². The van der Waals surface area contributed by atoms with E-state index in [1.807, 2.05) is 0 Å². The van der Waals surface area contributed by atoms with Crippen molar-refractivity contribution in [3.05, 3.63) is 34.9 Å². The number of ether oxygens (including phenoxy) is 4. The van der Waals surface area contributed by atoms with Gasteiger partial charge in [-0.1, -0.05) is 6.58 Å². The van der Waals surface area contributed by atoms with Gasteiger partial charge < -0.3 is 18.9 Å². The first-order valence-electron chi connectivity index (χ1n) is 7.70. The zero-order chi connectivity index (χ0) is 18.6. The lowest BCUT2D eigenvalue weighted by molar-refractivity contribution is -0.155. The van der Waals surface area contributed by atoms with Crippen molar-refractivity contribution in [3.63, 3.8) is 0 Å². The van der Waals surface area contributed by atoms with Crippen molar-refractivity contribution in [1.29, 1.82) is 0 Å². The standard InChI is InChI=1S/C16H20N2O7/c1-5-22-13-6-7-18(16(21)17-13)15-9(2)14(24-11(4)20)12(25-15)8-23-10(3)19/h6-7,12,14-15H,2,5,8H2,1,3-4H3/t12-,14-,15-/m1/s1. The number of rotatable bonds is 6. The fourth-order valence-electron chi connectivity index (χ4n) is 2.41. The number of hydrogen-bond acceptors (Lipinski definition) is 8. The molecule has 1 aliphatic rings. The molecule has 1 fully saturated rings. The van der Waals surface area contributed by atoms with E-state index in [4.69, 9.17) is 18.9 Å². The van der Waals surface area contributed by atoms with Crippen LogP contribution in [0.2, 0.25) is 0 Å². The first kappa shape index (κ1) is 18.7. The maximum Gasteiger partial charge on any atom is 0.353 e. The van der Waals surface area contributed by atoms with Crippen molar-refractivity contribution in [1.82, 2.24) is 9.55 Å². The molecular weight excluding hydrogens is 332 g/mol. The van der Waals surface area contributed by atoms with Crippen LogP contribution < -0.4 is 10.4 Å². The maximum atomic E-state index is 12.2. The van der Waals surface area contributed by atoms with Gasteiger partial charge >= 0.3 is 17.6 Å². The summed E-state index contributed by atoms with van der Waals surface area (Å²) >= 11 is 0. The van der Waals surface area contributed by atoms with Gasteiger partial charge in [-0.05, 0) is 6.92 Å². The van der Waals surface area contributed by atoms with Crippen molar-refractivity contribution in [2.75, 3.05) is 13.2 Å². The van der Waals surface area contributed by atoms with Gasteiger partial charge in [0.15, 0.2) is 12.3 Å². The number of esters is 2. The van der Waals surface area contributed by atoms with Crippen LogP contribution >= 0.6 is 0 Å². The third-order valence-corrected chi connectivity index (χ3v) is 3.42. The summed E-state index contributed by atoms with van der Waals surface area (Å²) in [5.41, 5.74) is -0.257. The lowest BCUT2D eigenvalue weighted by Gasteiger charge is -2.17. The van der Waals surface area contributed by atoms with Gasteiger partial charge in [0.1, 0.15) is 12.7 Å². The molecule has 0 spiro atoms. The Bertz CT molecular complexity index is 727.